The highest BCUT2D eigenvalue weighted by Gasteiger charge is 2.48. The highest BCUT2D eigenvalue weighted by Crippen LogP contribution is 2.38. The minimum Gasteiger partial charge on any atom is -0.478 e. The summed E-state index contributed by atoms with van der Waals surface area (Å²) in [6.07, 6.45) is 22.4. The van der Waals surface area contributed by atoms with Crippen molar-refractivity contribution >= 4 is 22.3 Å². The highest BCUT2D eigenvalue weighted by atomic mass is 32.3. The summed E-state index contributed by atoms with van der Waals surface area (Å²) >= 11 is 0. The van der Waals surface area contributed by atoms with E-state index in [-0.39, 0.29) is 101 Å². The maximum Gasteiger partial charge on any atom is 0.397 e. The molecule has 1 saturated heterocycles. The first kappa shape index (κ1) is 82.9. The maximum atomic E-state index is 12.0. The van der Waals surface area contributed by atoms with Gasteiger partial charge in [-0.15, -0.1) is 0 Å². The number of aliphatic hydroxyl groups excluding tert-OH is 13. The molecule has 1 aliphatic heterocycles. The molecule has 0 radical (unpaired) electrons. The first-order chi connectivity index (χ1) is 42.5. The topological polar surface area (TPSA) is 447 Å². The highest BCUT2D eigenvalue weighted by molar-refractivity contribution is 7.80. The van der Waals surface area contributed by atoms with E-state index in [4.69, 9.17) is 30.2 Å². The maximum absolute atomic E-state index is 12.0. The average Bonchev–Trinajstić information content (AvgIpc) is 1.77. The lowest BCUT2D eigenvalue weighted by Crippen LogP contribution is -2.47. The van der Waals surface area contributed by atoms with E-state index in [1.807, 2.05) is 31.2 Å². The summed E-state index contributed by atoms with van der Waals surface area (Å²) in [5.74, 6) is -4.10. The molecule has 0 aromatic heterocycles. The molecule has 24 nitrogen and oxygen atoms in total. The predicted octanol–water partition coefficient (Wildman–Crippen LogP) is 3.40. The van der Waals surface area contributed by atoms with Crippen molar-refractivity contribution in [3.05, 3.63) is 145 Å². The fourth-order valence-corrected chi connectivity index (χ4v) is 10.00. The lowest BCUT2D eigenvalue weighted by molar-refractivity contribution is -0.225. The number of hydrogen-bond acceptors (Lipinski definition) is 20. The molecule has 1 rings (SSSR count). The Morgan fingerprint density at radius 1 is 0.567 bits per heavy atom. The van der Waals surface area contributed by atoms with E-state index < -0.39 is 119 Å². The number of aliphatic hydroxyl groups is 13. The molecule has 512 valence electrons. The summed E-state index contributed by atoms with van der Waals surface area (Å²) in [5, 5.41) is 145. The van der Waals surface area contributed by atoms with Crippen LogP contribution >= 0.6 is 0 Å². The molecule has 0 saturated carbocycles. The Bertz CT molecular complexity index is 2500. The van der Waals surface area contributed by atoms with Crippen LogP contribution in [0.15, 0.2) is 150 Å². The van der Waals surface area contributed by atoms with Crippen LogP contribution < -0.4 is 11.5 Å². The number of ether oxygens (including phenoxy) is 2. The Morgan fingerprint density at radius 3 is 1.62 bits per heavy atom. The normalized spacial score (nSPS) is 20.7. The first-order valence-corrected chi connectivity index (χ1v) is 31.9. The number of aliphatic imine (C=N–C) groups is 1. The zero-order valence-corrected chi connectivity index (χ0v) is 53.1. The van der Waals surface area contributed by atoms with Crippen LogP contribution in [0.5, 0.6) is 0 Å². The summed E-state index contributed by atoms with van der Waals surface area (Å²) in [6, 6.07) is 0. The zero-order chi connectivity index (χ0) is 67.7. The second kappa shape index (κ2) is 46.9. The second-order valence-electron chi connectivity index (χ2n) is 22.7. The number of rotatable bonds is 48. The molecule has 0 aromatic carbocycles. The number of carboxylic acids is 1. The average molecular weight is 1300 g/mol. The Kier molecular flexibility index (Phi) is 43.2. The van der Waals surface area contributed by atoms with Gasteiger partial charge < -0.3 is 92.4 Å². The molecule has 17 unspecified atom stereocenters. The molecule has 0 bridgehead atoms. The molecule has 17 atom stereocenters. The van der Waals surface area contributed by atoms with Crippen molar-refractivity contribution in [3.8, 4) is 0 Å². The lowest BCUT2D eigenvalue weighted by atomic mass is 9.87. The Labute approximate surface area is 531 Å². The van der Waals surface area contributed by atoms with Crippen molar-refractivity contribution in [3.63, 3.8) is 0 Å². The molecular weight excluding hydrogens is 1190 g/mol. The van der Waals surface area contributed by atoms with Crippen LogP contribution in [-0.2, 0) is 28.9 Å². The van der Waals surface area contributed by atoms with Crippen LogP contribution in [0.1, 0.15) is 118 Å². The Hall–Kier alpha value is -5.11. The number of aliphatic carboxylic acids is 1. The Morgan fingerprint density at radius 2 is 1.06 bits per heavy atom. The number of nitrogens with two attached hydrogens (primary N) is 2. The van der Waals surface area contributed by atoms with E-state index in [2.05, 4.69) is 4.99 Å². The fourth-order valence-electron chi connectivity index (χ4n) is 9.44. The van der Waals surface area contributed by atoms with Gasteiger partial charge in [0.05, 0.1) is 92.6 Å². The van der Waals surface area contributed by atoms with Gasteiger partial charge in [0.1, 0.15) is 6.10 Å². The van der Waals surface area contributed by atoms with Crippen molar-refractivity contribution in [1.82, 2.24) is 0 Å². The minimum atomic E-state index is -4.95. The predicted molar refractivity (Wildman–Crippen MR) is 344 cm³/mol. The van der Waals surface area contributed by atoms with Crippen LogP contribution in [0.4, 0.5) is 0 Å². The molecule has 19 N–H and O–H groups in total. The number of carboxylic acid groups (broad SMARTS) is 1. The van der Waals surface area contributed by atoms with Gasteiger partial charge in [0.2, 0.25) is 0 Å². The number of hydrogen-bond donors (Lipinski definition) is 17. The quantitative estimate of drug-likeness (QED) is 0.00789. The van der Waals surface area contributed by atoms with Crippen molar-refractivity contribution in [1.29, 1.82) is 0 Å². The molecule has 1 aliphatic rings. The molecule has 1 heterocycles. The minimum absolute atomic E-state index is 0.00897. The van der Waals surface area contributed by atoms with Crippen LogP contribution in [0, 0.1) is 17.8 Å². The number of allylic oxidation sites excluding steroid dienone is 16. The molecule has 0 amide bonds. The third-order valence-electron chi connectivity index (χ3n) is 14.7. The third-order valence-corrected chi connectivity index (χ3v) is 15.1. The standard InChI is InChI=1S/C65H105N3O21S/c1-45(26-19-15-11-10-12-16-20-27-46(2)63(82)83)61(80)47(3)57(77)33-21-17-13-8-6-5-7-9-14-18-22-34-60(89-90(84,85)86)48(4)65(87-36-37-88-65)44-56(76)41-51(71)30-23-28-49(69)38-54(74)39-50(70)29-24-31-53(73)42-58(78)62(81)59(79)43-55(75)40-52(72)32-25-35-68-64(66)67/h5-10,12-14,16-24,26-27,29-30,33,45,47-62,69-81H,11,15,25,28,31-32,34-44H2,1-4H3,(H,82,83)(H4,66,67,68)(H,84,85,86). The van der Waals surface area contributed by atoms with Crippen molar-refractivity contribution in [2.24, 2.45) is 34.2 Å². The monoisotopic (exact) mass is 1300 g/mol. The molecule has 0 aliphatic carbocycles. The van der Waals surface area contributed by atoms with Gasteiger partial charge in [0, 0.05) is 62.0 Å². The van der Waals surface area contributed by atoms with E-state index in [9.17, 15) is 84.1 Å². The van der Waals surface area contributed by atoms with E-state index in [1.54, 1.807) is 98.9 Å². The van der Waals surface area contributed by atoms with Gasteiger partial charge in [0.15, 0.2) is 11.7 Å². The van der Waals surface area contributed by atoms with Crippen LogP contribution in [0.25, 0.3) is 0 Å². The van der Waals surface area contributed by atoms with E-state index in [0.717, 1.165) is 12.8 Å². The molecule has 25 heteroatoms. The number of carbonyl (C=O) groups is 1. The smallest absolute Gasteiger partial charge is 0.397 e. The van der Waals surface area contributed by atoms with Gasteiger partial charge in [-0.05, 0) is 64.7 Å². The van der Waals surface area contributed by atoms with E-state index in [0.29, 0.717) is 13.0 Å². The van der Waals surface area contributed by atoms with Crippen molar-refractivity contribution in [2.45, 2.75) is 209 Å². The van der Waals surface area contributed by atoms with Crippen LogP contribution in [-0.4, -0.2) is 207 Å². The zero-order valence-electron chi connectivity index (χ0n) is 52.3. The summed E-state index contributed by atoms with van der Waals surface area (Å²) in [6.45, 7) is 7.27. The first-order valence-electron chi connectivity index (χ1n) is 30.5. The van der Waals surface area contributed by atoms with Gasteiger partial charge in [-0.1, -0.05) is 161 Å². The fraction of sp³-hybridized carbons (Fsp3) is 0.600. The van der Waals surface area contributed by atoms with Gasteiger partial charge in [0.25, 0.3) is 0 Å². The Balaban J connectivity index is 2.61. The van der Waals surface area contributed by atoms with Crippen molar-refractivity contribution < 1.29 is 103 Å². The van der Waals surface area contributed by atoms with E-state index in [1.165, 1.54) is 37.3 Å². The van der Waals surface area contributed by atoms with E-state index >= 15 is 0 Å². The van der Waals surface area contributed by atoms with Gasteiger partial charge >= 0.3 is 16.4 Å². The van der Waals surface area contributed by atoms with Crippen LogP contribution in [0.2, 0.25) is 0 Å². The lowest BCUT2D eigenvalue weighted by Gasteiger charge is -2.38. The SMILES string of the molecule is CC(=CC=CC=CCCC=CC(C)C(O)C(C)C(O)C=CC=CC=CC=CC=CC=CCC(OS(=O)(=O)O)C(C)C1(CC(O)CC(O)C=CCC(O)CC(O)CC(O)C=CCC(O)CC(O)C(O)C(O)CC(O)CC(O)CCCN=C(N)N)OCCO1)C(=O)O. The third kappa shape index (κ3) is 39.3. The molecule has 1 fully saturated rings. The molecule has 0 spiro atoms. The summed E-state index contributed by atoms with van der Waals surface area (Å²) in [7, 11) is -4.95. The number of unbranched alkanes of at least 4 members (excludes halogenated alkanes) is 1. The second-order valence-corrected chi connectivity index (χ2v) is 23.7. The summed E-state index contributed by atoms with van der Waals surface area (Å²) < 4.78 is 50.5. The number of guanidine groups is 1. The van der Waals surface area contributed by atoms with Crippen molar-refractivity contribution in [2.75, 3.05) is 19.8 Å². The summed E-state index contributed by atoms with van der Waals surface area (Å²) in [4.78, 5) is 14.6. The molecular formula is C65H105N3O21S. The summed E-state index contributed by atoms with van der Waals surface area (Å²) in [5.41, 5.74) is 10.8. The van der Waals surface area contributed by atoms with Gasteiger partial charge in [-0.25, -0.2) is 8.98 Å². The largest absolute Gasteiger partial charge is 0.478 e. The molecule has 90 heavy (non-hydrogen) atoms. The van der Waals surface area contributed by atoms with Gasteiger partial charge in [-0.3, -0.25) is 9.55 Å². The van der Waals surface area contributed by atoms with Crippen LogP contribution in [0.3, 0.4) is 0 Å². The van der Waals surface area contributed by atoms with Gasteiger partial charge in [-0.2, -0.15) is 8.42 Å². The number of nitrogens with zero attached hydrogens (tertiary/aromatic N) is 1. The molecule has 0 aromatic rings.